The highest BCUT2D eigenvalue weighted by Gasteiger charge is 2.36. The van der Waals surface area contributed by atoms with Crippen LogP contribution < -0.4 is 0 Å². The van der Waals surface area contributed by atoms with E-state index in [-0.39, 0.29) is 6.42 Å². The first kappa shape index (κ1) is 12.2. The number of aromatic nitrogens is 1. The molecular formula is C15H17NO3. The van der Waals surface area contributed by atoms with Crippen LogP contribution in [0.5, 0.6) is 0 Å². The lowest BCUT2D eigenvalue weighted by atomic mass is 9.89. The zero-order valence-corrected chi connectivity index (χ0v) is 10.9. The van der Waals surface area contributed by atoms with Crippen LogP contribution in [0.25, 0.3) is 10.9 Å². The van der Waals surface area contributed by atoms with E-state index in [0.717, 1.165) is 17.6 Å². The number of fused-ring (bicyclic) bond motifs is 3. The standard InChI is InChI=1S/C15H17NO3/c1-15(8-6-13(17)18)14-11(7-9-19-15)10-4-2-3-5-12(10)16-14/h2-5,16H,6-9H2,1H3,(H,17,18)/t15-/m1/s1. The molecule has 4 heteroatoms. The summed E-state index contributed by atoms with van der Waals surface area (Å²) in [7, 11) is 0. The van der Waals surface area contributed by atoms with Crippen LogP contribution in [-0.2, 0) is 21.6 Å². The van der Waals surface area contributed by atoms with Crippen molar-refractivity contribution in [1.29, 1.82) is 0 Å². The van der Waals surface area contributed by atoms with Crippen molar-refractivity contribution in [3.8, 4) is 0 Å². The summed E-state index contributed by atoms with van der Waals surface area (Å²) in [5.41, 5.74) is 2.89. The molecule has 100 valence electrons. The highest BCUT2D eigenvalue weighted by molar-refractivity contribution is 5.85. The first-order chi connectivity index (χ1) is 9.10. The molecule has 0 unspecified atom stereocenters. The van der Waals surface area contributed by atoms with Crippen LogP contribution in [0.15, 0.2) is 24.3 Å². The number of carboxylic acid groups (broad SMARTS) is 1. The van der Waals surface area contributed by atoms with E-state index in [1.165, 1.54) is 10.9 Å². The Morgan fingerprint density at radius 2 is 2.26 bits per heavy atom. The zero-order valence-electron chi connectivity index (χ0n) is 10.9. The Morgan fingerprint density at radius 3 is 3.05 bits per heavy atom. The van der Waals surface area contributed by atoms with Crippen LogP contribution in [-0.4, -0.2) is 22.7 Å². The van der Waals surface area contributed by atoms with Gasteiger partial charge in [0.1, 0.15) is 5.60 Å². The van der Waals surface area contributed by atoms with E-state index in [1.807, 2.05) is 25.1 Å². The molecule has 0 saturated heterocycles. The summed E-state index contributed by atoms with van der Waals surface area (Å²) in [5.74, 6) is -0.784. The van der Waals surface area contributed by atoms with Crippen molar-refractivity contribution >= 4 is 16.9 Å². The quantitative estimate of drug-likeness (QED) is 0.891. The van der Waals surface area contributed by atoms with Crippen LogP contribution in [0.4, 0.5) is 0 Å². The maximum Gasteiger partial charge on any atom is 0.303 e. The number of nitrogens with one attached hydrogen (secondary N) is 1. The second-order valence-electron chi connectivity index (χ2n) is 5.25. The van der Waals surface area contributed by atoms with Gasteiger partial charge in [-0.1, -0.05) is 18.2 Å². The second kappa shape index (κ2) is 4.38. The van der Waals surface area contributed by atoms with Crippen molar-refractivity contribution < 1.29 is 14.6 Å². The molecule has 1 aromatic carbocycles. The average molecular weight is 259 g/mol. The van der Waals surface area contributed by atoms with Crippen molar-refractivity contribution in [1.82, 2.24) is 4.98 Å². The summed E-state index contributed by atoms with van der Waals surface area (Å²) < 4.78 is 5.88. The highest BCUT2D eigenvalue weighted by Crippen LogP contribution is 2.39. The first-order valence-electron chi connectivity index (χ1n) is 6.56. The molecule has 0 aliphatic carbocycles. The van der Waals surface area contributed by atoms with Crippen LogP contribution in [0.3, 0.4) is 0 Å². The summed E-state index contributed by atoms with van der Waals surface area (Å²) in [6.45, 7) is 2.62. The molecule has 1 aliphatic heterocycles. The lowest BCUT2D eigenvalue weighted by Crippen LogP contribution is -2.33. The molecule has 0 amide bonds. The SMILES string of the molecule is C[C@]1(CCC(=O)O)OCCc2c1[nH]c1ccccc21. The van der Waals surface area contributed by atoms with Gasteiger partial charge in [-0.15, -0.1) is 0 Å². The number of hydrogen-bond donors (Lipinski definition) is 2. The maximum atomic E-state index is 10.8. The Bertz CT molecular complexity index is 631. The normalized spacial score (nSPS) is 22.4. The lowest BCUT2D eigenvalue weighted by Gasteiger charge is -2.33. The minimum Gasteiger partial charge on any atom is -0.481 e. The molecule has 2 heterocycles. The van der Waals surface area contributed by atoms with Gasteiger partial charge in [0.15, 0.2) is 0 Å². The number of rotatable bonds is 3. The molecular weight excluding hydrogens is 242 g/mol. The molecule has 2 aromatic rings. The molecule has 0 saturated carbocycles. The number of benzene rings is 1. The van der Waals surface area contributed by atoms with Gasteiger partial charge in [-0.3, -0.25) is 4.79 Å². The molecule has 1 aromatic heterocycles. The monoisotopic (exact) mass is 259 g/mol. The van der Waals surface area contributed by atoms with Crippen LogP contribution >= 0.6 is 0 Å². The summed E-state index contributed by atoms with van der Waals surface area (Å²) in [6, 6.07) is 8.18. The molecule has 2 N–H and O–H groups in total. The van der Waals surface area contributed by atoms with E-state index in [4.69, 9.17) is 9.84 Å². The topological polar surface area (TPSA) is 62.3 Å². The largest absolute Gasteiger partial charge is 0.481 e. The minimum absolute atomic E-state index is 0.116. The summed E-state index contributed by atoms with van der Waals surface area (Å²) in [5, 5.41) is 10.1. The third-order valence-corrected chi connectivity index (χ3v) is 3.93. The van der Waals surface area contributed by atoms with Gasteiger partial charge in [0.05, 0.1) is 12.3 Å². The smallest absolute Gasteiger partial charge is 0.303 e. The fourth-order valence-electron chi connectivity index (χ4n) is 2.90. The number of ether oxygens (including phenoxy) is 1. The predicted octanol–water partition coefficient (Wildman–Crippen LogP) is 2.82. The van der Waals surface area contributed by atoms with E-state index in [1.54, 1.807) is 0 Å². The van der Waals surface area contributed by atoms with Crippen molar-refractivity contribution in [2.75, 3.05) is 6.61 Å². The second-order valence-corrected chi connectivity index (χ2v) is 5.25. The number of aromatic amines is 1. The van der Waals surface area contributed by atoms with E-state index in [0.29, 0.717) is 13.0 Å². The third-order valence-electron chi connectivity index (χ3n) is 3.93. The molecule has 1 aliphatic rings. The molecule has 0 radical (unpaired) electrons. The van der Waals surface area contributed by atoms with Gasteiger partial charge in [0.2, 0.25) is 0 Å². The van der Waals surface area contributed by atoms with Crippen molar-refractivity contribution in [3.63, 3.8) is 0 Å². The maximum absolute atomic E-state index is 10.8. The Labute approximate surface area is 111 Å². The average Bonchev–Trinajstić information content (AvgIpc) is 2.78. The van der Waals surface area contributed by atoms with Crippen molar-refractivity contribution in [2.45, 2.75) is 31.8 Å². The summed E-state index contributed by atoms with van der Waals surface area (Å²) in [4.78, 5) is 14.2. The van der Waals surface area contributed by atoms with E-state index in [9.17, 15) is 4.79 Å². The van der Waals surface area contributed by atoms with E-state index < -0.39 is 11.6 Å². The number of carbonyl (C=O) groups is 1. The van der Waals surface area contributed by atoms with Gasteiger partial charge >= 0.3 is 5.97 Å². The molecule has 3 rings (SSSR count). The zero-order chi connectivity index (χ0) is 13.5. The van der Waals surface area contributed by atoms with Gasteiger partial charge in [-0.25, -0.2) is 0 Å². The first-order valence-corrected chi connectivity index (χ1v) is 6.56. The fraction of sp³-hybridized carbons (Fsp3) is 0.400. The Balaban J connectivity index is 2.06. The van der Waals surface area contributed by atoms with Crippen LogP contribution in [0.2, 0.25) is 0 Å². The van der Waals surface area contributed by atoms with Crippen LogP contribution in [0.1, 0.15) is 31.0 Å². The van der Waals surface area contributed by atoms with Gasteiger partial charge in [0.25, 0.3) is 0 Å². The molecule has 19 heavy (non-hydrogen) atoms. The number of aliphatic carboxylic acids is 1. The minimum atomic E-state index is -0.784. The van der Waals surface area contributed by atoms with Gasteiger partial charge < -0.3 is 14.8 Å². The number of para-hydroxylation sites is 1. The molecule has 4 nitrogen and oxygen atoms in total. The molecule has 0 bridgehead atoms. The molecule has 0 spiro atoms. The van der Waals surface area contributed by atoms with E-state index >= 15 is 0 Å². The lowest BCUT2D eigenvalue weighted by molar-refractivity contribution is -0.139. The predicted molar refractivity (Wildman–Crippen MR) is 72.2 cm³/mol. The molecule has 1 atom stereocenters. The molecule has 0 fully saturated rings. The van der Waals surface area contributed by atoms with Crippen molar-refractivity contribution in [3.05, 3.63) is 35.5 Å². The van der Waals surface area contributed by atoms with E-state index in [2.05, 4.69) is 11.1 Å². The van der Waals surface area contributed by atoms with Gasteiger partial charge in [-0.2, -0.15) is 0 Å². The Hall–Kier alpha value is -1.81. The third kappa shape index (κ3) is 2.02. The number of carboxylic acids is 1. The van der Waals surface area contributed by atoms with Gasteiger partial charge in [-0.05, 0) is 31.4 Å². The summed E-state index contributed by atoms with van der Waals surface area (Å²) in [6.07, 6.45) is 1.48. The Morgan fingerprint density at radius 1 is 1.47 bits per heavy atom. The summed E-state index contributed by atoms with van der Waals surface area (Å²) >= 11 is 0. The number of hydrogen-bond acceptors (Lipinski definition) is 2. The van der Waals surface area contributed by atoms with Crippen molar-refractivity contribution in [2.24, 2.45) is 0 Å². The fourth-order valence-corrected chi connectivity index (χ4v) is 2.90. The van der Waals surface area contributed by atoms with Crippen LogP contribution in [0, 0.1) is 0 Å². The Kier molecular flexibility index (Phi) is 2.82. The number of H-pyrrole nitrogens is 1. The highest BCUT2D eigenvalue weighted by atomic mass is 16.5. The van der Waals surface area contributed by atoms with Gasteiger partial charge in [0, 0.05) is 17.3 Å².